The first-order valence-electron chi connectivity index (χ1n) is 7.92. The van der Waals surface area contributed by atoms with E-state index in [1.165, 1.54) is 18.4 Å². The van der Waals surface area contributed by atoms with Crippen LogP contribution in [0.2, 0.25) is 0 Å². The number of rotatable bonds is 11. The van der Waals surface area contributed by atoms with Crippen LogP contribution in [0.5, 0.6) is 5.75 Å². The van der Waals surface area contributed by atoms with Crippen LogP contribution in [0.15, 0.2) is 24.3 Å². The normalized spacial score (nSPS) is 15.9. The van der Waals surface area contributed by atoms with Gasteiger partial charge in [-0.2, -0.15) is 0 Å². The third-order valence-electron chi connectivity index (χ3n) is 3.41. The van der Waals surface area contributed by atoms with E-state index in [-0.39, 0.29) is 6.10 Å². The molecule has 118 valence electrons. The Balaban J connectivity index is 1.57. The summed E-state index contributed by atoms with van der Waals surface area (Å²) in [7, 11) is 0. The van der Waals surface area contributed by atoms with Gasteiger partial charge in [0.15, 0.2) is 0 Å². The van der Waals surface area contributed by atoms with Crippen molar-refractivity contribution in [1.29, 1.82) is 0 Å². The van der Waals surface area contributed by atoms with E-state index in [1.807, 2.05) is 26.0 Å². The Morgan fingerprint density at radius 1 is 1.19 bits per heavy atom. The lowest BCUT2D eigenvalue weighted by Gasteiger charge is -2.13. The highest BCUT2D eigenvalue weighted by atomic mass is 16.5. The molecule has 0 bridgehead atoms. The molecule has 0 radical (unpaired) electrons. The smallest absolute Gasteiger partial charge is 0.119 e. The summed E-state index contributed by atoms with van der Waals surface area (Å²) < 4.78 is 16.6. The van der Waals surface area contributed by atoms with Crippen LogP contribution in [0.3, 0.4) is 0 Å². The monoisotopic (exact) mass is 293 g/mol. The van der Waals surface area contributed by atoms with Crippen molar-refractivity contribution in [3.8, 4) is 5.75 Å². The minimum Gasteiger partial charge on any atom is -0.491 e. The number of ether oxygens (including phenoxy) is 3. The van der Waals surface area contributed by atoms with E-state index < -0.39 is 0 Å². The van der Waals surface area contributed by atoms with Gasteiger partial charge >= 0.3 is 0 Å². The molecule has 0 amide bonds. The Hall–Kier alpha value is -1.10. The quantitative estimate of drug-likeness (QED) is 0.637. The van der Waals surface area contributed by atoms with Crippen molar-refractivity contribution < 1.29 is 14.2 Å². The van der Waals surface area contributed by atoms with Gasteiger partial charge < -0.3 is 19.5 Å². The first kappa shape index (κ1) is 16.3. The van der Waals surface area contributed by atoms with Crippen LogP contribution in [0.1, 0.15) is 32.3 Å². The zero-order valence-corrected chi connectivity index (χ0v) is 13.1. The van der Waals surface area contributed by atoms with Gasteiger partial charge in [0, 0.05) is 19.2 Å². The highest BCUT2D eigenvalue weighted by molar-refractivity contribution is 5.27. The maximum Gasteiger partial charge on any atom is 0.119 e. The molecule has 1 unspecified atom stereocenters. The van der Waals surface area contributed by atoms with E-state index in [4.69, 9.17) is 14.2 Å². The molecule has 0 heterocycles. The summed E-state index contributed by atoms with van der Waals surface area (Å²) in [6.07, 6.45) is 2.76. The average Bonchev–Trinajstić information content (AvgIpc) is 3.33. The molecule has 1 aliphatic carbocycles. The fourth-order valence-corrected chi connectivity index (χ4v) is 1.99. The molecule has 0 aliphatic heterocycles. The zero-order valence-electron chi connectivity index (χ0n) is 13.1. The molecule has 0 saturated heterocycles. The molecule has 1 fully saturated rings. The topological polar surface area (TPSA) is 39.7 Å². The average molecular weight is 293 g/mol. The molecule has 1 atom stereocenters. The number of benzene rings is 1. The van der Waals surface area contributed by atoms with Gasteiger partial charge in [-0.25, -0.2) is 0 Å². The molecule has 21 heavy (non-hydrogen) atoms. The van der Waals surface area contributed by atoms with Gasteiger partial charge in [0.2, 0.25) is 0 Å². The summed E-state index contributed by atoms with van der Waals surface area (Å²) in [5.41, 5.74) is 1.30. The fourth-order valence-electron chi connectivity index (χ4n) is 1.99. The van der Waals surface area contributed by atoms with Crippen LogP contribution in [-0.2, 0) is 16.0 Å². The molecule has 4 heteroatoms. The van der Waals surface area contributed by atoms with Crippen molar-refractivity contribution in [3.63, 3.8) is 0 Å². The van der Waals surface area contributed by atoms with Crippen molar-refractivity contribution in [2.75, 3.05) is 26.4 Å². The molecule has 1 N–H and O–H groups in total. The molecule has 1 aromatic rings. The predicted molar refractivity (Wildman–Crippen MR) is 83.7 cm³/mol. The summed E-state index contributed by atoms with van der Waals surface area (Å²) >= 11 is 0. The largest absolute Gasteiger partial charge is 0.491 e. The SMILES string of the molecule is CCOCC(C)OCCOc1ccc(CNC2CC2)cc1. The van der Waals surface area contributed by atoms with Gasteiger partial charge in [-0.05, 0) is 44.4 Å². The third-order valence-corrected chi connectivity index (χ3v) is 3.41. The molecule has 1 saturated carbocycles. The van der Waals surface area contributed by atoms with Gasteiger partial charge in [-0.15, -0.1) is 0 Å². The van der Waals surface area contributed by atoms with Crippen LogP contribution < -0.4 is 10.1 Å². The first-order valence-corrected chi connectivity index (χ1v) is 7.92. The summed E-state index contributed by atoms with van der Waals surface area (Å²) in [4.78, 5) is 0. The Labute approximate surface area is 127 Å². The lowest BCUT2D eigenvalue weighted by Crippen LogP contribution is -2.19. The summed E-state index contributed by atoms with van der Waals surface area (Å²) in [6, 6.07) is 9.02. The fraction of sp³-hybridized carbons (Fsp3) is 0.647. The highest BCUT2D eigenvalue weighted by Gasteiger charge is 2.19. The minimum absolute atomic E-state index is 0.115. The Morgan fingerprint density at radius 3 is 2.62 bits per heavy atom. The summed E-state index contributed by atoms with van der Waals surface area (Å²) in [6.45, 7) is 7.46. The van der Waals surface area contributed by atoms with Crippen molar-refractivity contribution in [2.45, 2.75) is 45.4 Å². The van der Waals surface area contributed by atoms with Crippen molar-refractivity contribution in [3.05, 3.63) is 29.8 Å². The third kappa shape index (κ3) is 6.93. The Kier molecular flexibility index (Phi) is 7.00. The van der Waals surface area contributed by atoms with E-state index in [1.54, 1.807) is 0 Å². The number of hydrogen-bond donors (Lipinski definition) is 1. The van der Waals surface area contributed by atoms with Crippen LogP contribution in [0, 0.1) is 0 Å². The van der Waals surface area contributed by atoms with Crippen LogP contribution in [-0.4, -0.2) is 38.6 Å². The second kappa shape index (κ2) is 9.03. The number of hydrogen-bond acceptors (Lipinski definition) is 4. The molecule has 1 aliphatic rings. The first-order chi connectivity index (χ1) is 10.3. The molecule has 1 aromatic carbocycles. The lowest BCUT2D eigenvalue weighted by atomic mass is 10.2. The van der Waals surface area contributed by atoms with Gasteiger partial charge in [-0.1, -0.05) is 12.1 Å². The molecular formula is C17H27NO3. The van der Waals surface area contributed by atoms with E-state index in [9.17, 15) is 0 Å². The van der Waals surface area contributed by atoms with Crippen molar-refractivity contribution in [1.82, 2.24) is 5.32 Å². The molecule has 4 nitrogen and oxygen atoms in total. The van der Waals surface area contributed by atoms with Crippen molar-refractivity contribution in [2.24, 2.45) is 0 Å². The second-order valence-electron chi connectivity index (χ2n) is 5.49. The van der Waals surface area contributed by atoms with E-state index >= 15 is 0 Å². The predicted octanol–water partition coefficient (Wildman–Crippen LogP) is 2.76. The zero-order chi connectivity index (χ0) is 14.9. The molecule has 0 spiro atoms. The summed E-state index contributed by atoms with van der Waals surface area (Å²) in [5.74, 6) is 0.895. The Morgan fingerprint density at radius 2 is 1.95 bits per heavy atom. The minimum atomic E-state index is 0.115. The van der Waals surface area contributed by atoms with Crippen LogP contribution >= 0.6 is 0 Å². The second-order valence-corrected chi connectivity index (χ2v) is 5.49. The van der Waals surface area contributed by atoms with Gasteiger partial charge in [0.25, 0.3) is 0 Å². The maximum absolute atomic E-state index is 5.67. The molecule has 2 rings (SSSR count). The van der Waals surface area contributed by atoms with Crippen molar-refractivity contribution >= 4 is 0 Å². The van der Waals surface area contributed by atoms with Crippen LogP contribution in [0.4, 0.5) is 0 Å². The highest BCUT2D eigenvalue weighted by Crippen LogP contribution is 2.19. The Bertz CT molecular complexity index is 390. The molecular weight excluding hydrogens is 266 g/mol. The standard InChI is InChI=1S/C17H27NO3/c1-3-19-13-14(2)20-10-11-21-17-8-4-15(5-9-17)12-18-16-6-7-16/h4-5,8-9,14,16,18H,3,6-7,10-13H2,1-2H3. The lowest BCUT2D eigenvalue weighted by molar-refractivity contribution is -0.0128. The van der Waals surface area contributed by atoms with Crippen LogP contribution in [0.25, 0.3) is 0 Å². The van der Waals surface area contributed by atoms with E-state index in [0.29, 0.717) is 19.8 Å². The van der Waals surface area contributed by atoms with E-state index in [2.05, 4.69) is 17.4 Å². The van der Waals surface area contributed by atoms with Gasteiger partial charge in [-0.3, -0.25) is 0 Å². The maximum atomic E-state index is 5.67. The van der Waals surface area contributed by atoms with E-state index in [0.717, 1.165) is 24.9 Å². The summed E-state index contributed by atoms with van der Waals surface area (Å²) in [5, 5.41) is 3.50. The molecule has 0 aromatic heterocycles. The number of nitrogens with one attached hydrogen (secondary N) is 1. The van der Waals surface area contributed by atoms with Gasteiger partial charge in [0.1, 0.15) is 12.4 Å². The van der Waals surface area contributed by atoms with Gasteiger partial charge in [0.05, 0.1) is 19.3 Å².